The van der Waals surface area contributed by atoms with Gasteiger partial charge in [-0.15, -0.1) is 0 Å². The summed E-state index contributed by atoms with van der Waals surface area (Å²) in [5.41, 5.74) is 16.5. The minimum atomic E-state index is -1.59. The van der Waals surface area contributed by atoms with E-state index >= 15 is 0 Å². The molecule has 50 heavy (non-hydrogen) atoms. The predicted molar refractivity (Wildman–Crippen MR) is 180 cm³/mol. The monoisotopic (exact) mass is 704 g/mol. The molecule has 1 aromatic rings. The summed E-state index contributed by atoms with van der Waals surface area (Å²) < 4.78 is 0. The molecular weight excluding hydrogens is 656 g/mol. The van der Waals surface area contributed by atoms with Gasteiger partial charge in [-0.1, -0.05) is 12.1 Å². The van der Waals surface area contributed by atoms with Crippen molar-refractivity contribution < 1.29 is 39.0 Å². The molecule has 5 atom stereocenters. The van der Waals surface area contributed by atoms with E-state index < -0.39 is 72.1 Å². The highest BCUT2D eigenvalue weighted by Gasteiger charge is 2.33. The Morgan fingerprint density at radius 1 is 0.780 bits per heavy atom. The van der Waals surface area contributed by atoms with Gasteiger partial charge in [0.2, 0.25) is 29.5 Å². The van der Waals surface area contributed by atoms with Crippen LogP contribution in [0.5, 0.6) is 5.75 Å². The van der Waals surface area contributed by atoms with Crippen LogP contribution in [-0.4, -0.2) is 107 Å². The molecule has 5 unspecified atom stereocenters. The number of phenolic OH excluding ortho intramolecular Hbond substituents is 1. The van der Waals surface area contributed by atoms with E-state index in [-0.39, 0.29) is 62.9 Å². The summed E-state index contributed by atoms with van der Waals surface area (Å²) in [6, 6.07) is -0.372. The fourth-order valence-electron chi connectivity index (χ4n) is 5.07. The van der Waals surface area contributed by atoms with E-state index in [4.69, 9.17) is 28.0 Å². The molecule has 1 fully saturated rings. The minimum absolute atomic E-state index is 0.0336. The summed E-state index contributed by atoms with van der Waals surface area (Å²) in [4.78, 5) is 77.3. The maximum absolute atomic E-state index is 13.5. The zero-order valence-electron chi connectivity index (χ0n) is 27.6. The number of benzene rings is 1. The average Bonchev–Trinajstić information content (AvgIpc) is 3.59. The Morgan fingerprint density at radius 3 is 1.76 bits per heavy atom. The summed E-state index contributed by atoms with van der Waals surface area (Å²) in [6.45, 7) is 0.963. The molecule has 0 bridgehead atoms. The van der Waals surface area contributed by atoms with E-state index in [2.05, 4.69) is 37.2 Å². The van der Waals surface area contributed by atoms with Crippen molar-refractivity contribution in [2.75, 3.05) is 19.6 Å². The van der Waals surface area contributed by atoms with Gasteiger partial charge in [0.1, 0.15) is 29.9 Å². The molecule has 17 N–H and O–H groups in total. The second-order valence-electron chi connectivity index (χ2n) is 11.7. The molecule has 0 saturated carbocycles. The van der Waals surface area contributed by atoms with Crippen LogP contribution in [-0.2, 0) is 35.2 Å². The van der Waals surface area contributed by atoms with Crippen LogP contribution in [0, 0.1) is 10.8 Å². The highest BCUT2D eigenvalue weighted by Crippen LogP contribution is 2.12. The Morgan fingerprint density at radius 2 is 1.28 bits per heavy atom. The lowest BCUT2D eigenvalue weighted by atomic mass is 10.0. The third kappa shape index (κ3) is 15.0. The molecule has 0 aromatic heterocycles. The van der Waals surface area contributed by atoms with Crippen molar-refractivity contribution in [1.82, 2.24) is 37.2 Å². The maximum Gasteiger partial charge on any atom is 0.326 e. The number of primary amides is 1. The first-order valence-electron chi connectivity index (χ1n) is 16.1. The van der Waals surface area contributed by atoms with E-state index in [1.165, 1.54) is 24.3 Å². The van der Waals surface area contributed by atoms with Gasteiger partial charge < -0.3 is 64.6 Å². The summed E-state index contributed by atoms with van der Waals surface area (Å²) >= 11 is 0. The van der Waals surface area contributed by atoms with Gasteiger partial charge in [-0.2, -0.15) is 0 Å². The number of carbonyl (C=O) groups is 6. The van der Waals surface area contributed by atoms with Crippen LogP contribution in [0.2, 0.25) is 0 Å². The number of hydrogen-bond donors (Lipinski definition) is 14. The summed E-state index contributed by atoms with van der Waals surface area (Å²) in [5, 5.41) is 52.1. The fraction of sp³-hybridized carbons (Fsp3) is 0.533. The van der Waals surface area contributed by atoms with Gasteiger partial charge in [-0.25, -0.2) is 4.79 Å². The molecule has 0 radical (unpaired) electrons. The molecule has 20 heteroatoms. The van der Waals surface area contributed by atoms with Crippen molar-refractivity contribution in [2.24, 2.45) is 17.2 Å². The SMILES string of the molecule is N=C(N)NCCCC(NC(=O)C(CC(N)=O)NC(=O)C(CCCNC(=N)N)NC(=O)C1CCCN1)C(=O)NC(Cc1ccc(O)cc1)C(=O)O. The van der Waals surface area contributed by atoms with E-state index in [1.54, 1.807) is 0 Å². The molecule has 1 aromatic carbocycles. The van der Waals surface area contributed by atoms with Crippen molar-refractivity contribution in [3.63, 3.8) is 0 Å². The van der Waals surface area contributed by atoms with Crippen molar-refractivity contribution in [1.29, 1.82) is 10.8 Å². The topological polar surface area (TPSA) is 353 Å². The lowest BCUT2D eigenvalue weighted by molar-refractivity contribution is -0.142. The molecule has 0 aliphatic carbocycles. The molecule has 20 nitrogen and oxygen atoms in total. The van der Waals surface area contributed by atoms with Gasteiger partial charge >= 0.3 is 5.97 Å². The number of nitrogens with one attached hydrogen (secondary N) is 9. The second-order valence-corrected chi connectivity index (χ2v) is 11.7. The molecule has 5 amide bonds. The summed E-state index contributed by atoms with van der Waals surface area (Å²) in [7, 11) is 0. The molecule has 0 spiro atoms. The van der Waals surface area contributed by atoms with Gasteiger partial charge in [-0.05, 0) is 62.8 Å². The van der Waals surface area contributed by atoms with Crippen LogP contribution < -0.4 is 54.4 Å². The highest BCUT2D eigenvalue weighted by molar-refractivity contribution is 5.97. The van der Waals surface area contributed by atoms with E-state index in [9.17, 15) is 39.0 Å². The largest absolute Gasteiger partial charge is 0.508 e. The third-order valence-electron chi connectivity index (χ3n) is 7.64. The molecule has 1 aliphatic heterocycles. The Hall–Kier alpha value is -5.66. The van der Waals surface area contributed by atoms with E-state index in [0.717, 1.165) is 6.42 Å². The average molecular weight is 705 g/mol. The fourth-order valence-corrected chi connectivity index (χ4v) is 5.07. The van der Waals surface area contributed by atoms with Gasteiger partial charge in [0.15, 0.2) is 11.9 Å². The van der Waals surface area contributed by atoms with Crippen LogP contribution in [0.25, 0.3) is 0 Å². The van der Waals surface area contributed by atoms with Gasteiger partial charge in [0, 0.05) is 19.5 Å². The lowest BCUT2D eigenvalue weighted by Crippen LogP contribution is -2.59. The summed E-state index contributed by atoms with van der Waals surface area (Å²) in [5.74, 6) is -6.09. The van der Waals surface area contributed by atoms with Crippen LogP contribution in [0.4, 0.5) is 0 Å². The van der Waals surface area contributed by atoms with Crippen LogP contribution >= 0.6 is 0 Å². The smallest absolute Gasteiger partial charge is 0.326 e. The minimum Gasteiger partial charge on any atom is -0.508 e. The number of aliphatic carboxylic acids is 1. The quantitative estimate of drug-likeness (QED) is 0.0331. The first kappa shape index (κ1) is 40.5. The van der Waals surface area contributed by atoms with Gasteiger partial charge in [0.25, 0.3) is 0 Å². The number of guanidine groups is 2. The molecule has 2 rings (SSSR count). The number of phenols is 1. The number of amides is 5. The molecule has 1 aliphatic rings. The van der Waals surface area contributed by atoms with Crippen molar-refractivity contribution >= 4 is 47.4 Å². The van der Waals surface area contributed by atoms with Crippen LogP contribution in [0.1, 0.15) is 50.5 Å². The zero-order chi connectivity index (χ0) is 37.2. The lowest BCUT2D eigenvalue weighted by Gasteiger charge is -2.26. The van der Waals surface area contributed by atoms with Crippen molar-refractivity contribution in [3.05, 3.63) is 29.8 Å². The first-order chi connectivity index (χ1) is 23.7. The molecule has 1 saturated heterocycles. The van der Waals surface area contributed by atoms with Crippen molar-refractivity contribution in [2.45, 2.75) is 81.6 Å². The van der Waals surface area contributed by atoms with Crippen molar-refractivity contribution in [3.8, 4) is 5.75 Å². The predicted octanol–water partition coefficient (Wildman–Crippen LogP) is -3.89. The molecule has 1 heterocycles. The van der Waals surface area contributed by atoms with E-state index in [0.29, 0.717) is 18.5 Å². The third-order valence-corrected chi connectivity index (χ3v) is 7.64. The number of rotatable bonds is 21. The molecular formula is C30H48N12O8. The van der Waals surface area contributed by atoms with Crippen LogP contribution in [0.15, 0.2) is 24.3 Å². The number of carbonyl (C=O) groups excluding carboxylic acids is 5. The number of hydrogen-bond acceptors (Lipinski definition) is 10. The summed E-state index contributed by atoms with van der Waals surface area (Å²) in [6.07, 6.45) is 0.959. The standard InChI is InChI=1S/C30H48N12O8/c31-23(44)15-21(41-25(46)19(5-2-12-37-29(32)33)39-24(45)18-4-1-11-36-18)27(48)40-20(6-3-13-38-30(34)35)26(47)42-22(28(49)50)14-16-7-9-17(43)10-8-16/h7-10,18-22,36,43H,1-6,11-15H2,(H2,31,44)(H,39,45)(H,40,48)(H,41,46)(H,42,47)(H,49,50)(H4,32,33,37)(H4,34,35,38). The number of carboxylic acids is 1. The van der Waals surface area contributed by atoms with Gasteiger partial charge in [0.05, 0.1) is 12.5 Å². The number of carboxylic acid groups (broad SMARTS) is 1. The number of nitrogens with two attached hydrogens (primary N) is 3. The van der Waals surface area contributed by atoms with Gasteiger partial charge in [-0.3, -0.25) is 34.8 Å². The zero-order valence-corrected chi connectivity index (χ0v) is 27.6. The Balaban J connectivity index is 2.24. The Labute approximate surface area is 288 Å². The second kappa shape index (κ2) is 20.6. The van der Waals surface area contributed by atoms with Crippen LogP contribution in [0.3, 0.4) is 0 Å². The van der Waals surface area contributed by atoms with E-state index in [1.807, 2.05) is 0 Å². The Kier molecular flexibility index (Phi) is 16.7. The number of aromatic hydroxyl groups is 1. The first-order valence-corrected chi connectivity index (χ1v) is 16.1. The normalized spacial score (nSPS) is 16.0. The maximum atomic E-state index is 13.5. The highest BCUT2D eigenvalue weighted by atomic mass is 16.4. The molecule has 276 valence electrons. The Bertz CT molecular complexity index is 1370.